The lowest BCUT2D eigenvalue weighted by Gasteiger charge is -2.09. The van der Waals surface area contributed by atoms with Crippen LogP contribution in [0, 0.1) is 0 Å². The van der Waals surface area contributed by atoms with E-state index in [-0.39, 0.29) is 6.04 Å². The Morgan fingerprint density at radius 2 is 2.00 bits per heavy atom. The van der Waals surface area contributed by atoms with Gasteiger partial charge in [0.1, 0.15) is 0 Å². The summed E-state index contributed by atoms with van der Waals surface area (Å²) in [6.07, 6.45) is 4.85. The van der Waals surface area contributed by atoms with Crippen LogP contribution in [0.15, 0.2) is 46.5 Å². The molecule has 0 saturated carbocycles. The molecule has 0 saturated heterocycles. The first-order valence-corrected chi connectivity index (χ1v) is 6.52. The van der Waals surface area contributed by atoms with E-state index in [1.165, 1.54) is 10.5 Å². The van der Waals surface area contributed by atoms with Crippen LogP contribution in [-0.2, 0) is 7.05 Å². The number of nitrogens with zero attached hydrogens (tertiary/aromatic N) is 2. The molecule has 0 amide bonds. The van der Waals surface area contributed by atoms with Gasteiger partial charge in [0, 0.05) is 24.2 Å². The Labute approximate surface area is 106 Å². The number of rotatable bonds is 4. The predicted molar refractivity (Wildman–Crippen MR) is 71.0 cm³/mol. The Bertz CT molecular complexity index is 476. The molecule has 3 nitrogen and oxygen atoms in total. The maximum atomic E-state index is 5.98. The Morgan fingerprint density at radius 1 is 1.29 bits per heavy atom. The minimum absolute atomic E-state index is 0.146. The van der Waals surface area contributed by atoms with Crippen LogP contribution in [0.1, 0.15) is 24.9 Å². The standard InChI is InChI=1S/C13H17N3S/c1-3-13(14)10-4-6-11(7-5-10)17-12-8-15-16(2)9-12/h4-9,13H,3,14H2,1-2H3. The lowest BCUT2D eigenvalue weighted by Crippen LogP contribution is -2.07. The highest BCUT2D eigenvalue weighted by Crippen LogP contribution is 2.28. The third-order valence-corrected chi connectivity index (χ3v) is 3.62. The Kier molecular flexibility index (Phi) is 3.86. The zero-order chi connectivity index (χ0) is 12.3. The van der Waals surface area contributed by atoms with Crippen molar-refractivity contribution in [3.05, 3.63) is 42.2 Å². The quantitative estimate of drug-likeness (QED) is 0.903. The van der Waals surface area contributed by atoms with E-state index >= 15 is 0 Å². The number of hydrogen-bond acceptors (Lipinski definition) is 3. The highest BCUT2D eigenvalue weighted by atomic mass is 32.2. The molecule has 0 bridgehead atoms. The first-order valence-electron chi connectivity index (χ1n) is 5.71. The summed E-state index contributed by atoms with van der Waals surface area (Å²) in [4.78, 5) is 2.37. The van der Waals surface area contributed by atoms with Gasteiger partial charge in [0.15, 0.2) is 0 Å². The largest absolute Gasteiger partial charge is 0.324 e. The molecule has 0 aliphatic heterocycles. The van der Waals surface area contributed by atoms with Gasteiger partial charge >= 0.3 is 0 Å². The topological polar surface area (TPSA) is 43.8 Å². The lowest BCUT2D eigenvalue weighted by atomic mass is 10.1. The summed E-state index contributed by atoms with van der Waals surface area (Å²) in [5.41, 5.74) is 7.18. The van der Waals surface area contributed by atoms with Gasteiger partial charge in [-0.3, -0.25) is 4.68 Å². The Balaban J connectivity index is 2.08. The maximum absolute atomic E-state index is 5.98. The first kappa shape index (κ1) is 12.2. The van der Waals surface area contributed by atoms with Crippen molar-refractivity contribution >= 4 is 11.8 Å². The van der Waals surface area contributed by atoms with Crippen molar-refractivity contribution in [3.63, 3.8) is 0 Å². The number of hydrogen-bond donors (Lipinski definition) is 1. The van der Waals surface area contributed by atoms with Crippen LogP contribution >= 0.6 is 11.8 Å². The van der Waals surface area contributed by atoms with Gasteiger partial charge in [0.05, 0.1) is 11.1 Å². The minimum atomic E-state index is 0.146. The van der Waals surface area contributed by atoms with E-state index in [0.29, 0.717) is 0 Å². The first-order chi connectivity index (χ1) is 8.19. The zero-order valence-electron chi connectivity index (χ0n) is 10.1. The summed E-state index contributed by atoms with van der Waals surface area (Å²) >= 11 is 1.71. The molecule has 0 fully saturated rings. The second-order valence-electron chi connectivity index (χ2n) is 4.04. The van der Waals surface area contributed by atoms with Crippen LogP contribution in [0.5, 0.6) is 0 Å². The van der Waals surface area contributed by atoms with Crippen molar-refractivity contribution in [3.8, 4) is 0 Å². The monoisotopic (exact) mass is 247 g/mol. The van der Waals surface area contributed by atoms with E-state index < -0.39 is 0 Å². The Hall–Kier alpha value is -1.26. The fourth-order valence-electron chi connectivity index (χ4n) is 1.61. The molecule has 0 aliphatic carbocycles. The van der Waals surface area contributed by atoms with Gasteiger partial charge in [-0.25, -0.2) is 0 Å². The summed E-state index contributed by atoms with van der Waals surface area (Å²) in [5.74, 6) is 0. The highest BCUT2D eigenvalue weighted by Gasteiger charge is 2.04. The molecule has 0 radical (unpaired) electrons. The zero-order valence-corrected chi connectivity index (χ0v) is 10.9. The molecule has 4 heteroatoms. The molecule has 17 heavy (non-hydrogen) atoms. The number of nitrogens with two attached hydrogens (primary N) is 1. The number of benzene rings is 1. The van der Waals surface area contributed by atoms with Crippen LogP contribution in [-0.4, -0.2) is 9.78 Å². The minimum Gasteiger partial charge on any atom is -0.324 e. The molecule has 2 rings (SSSR count). The van der Waals surface area contributed by atoms with E-state index in [0.717, 1.165) is 11.3 Å². The molecule has 1 aromatic carbocycles. The van der Waals surface area contributed by atoms with Crippen LogP contribution in [0.4, 0.5) is 0 Å². The summed E-state index contributed by atoms with van der Waals surface area (Å²) in [6, 6.07) is 8.58. The fraction of sp³-hybridized carbons (Fsp3) is 0.308. The summed E-state index contributed by atoms with van der Waals surface area (Å²) in [7, 11) is 1.92. The molecule has 1 unspecified atom stereocenters. The van der Waals surface area contributed by atoms with Gasteiger partial charge in [-0.1, -0.05) is 30.8 Å². The van der Waals surface area contributed by atoms with Crippen LogP contribution in [0.3, 0.4) is 0 Å². The maximum Gasteiger partial charge on any atom is 0.0629 e. The molecule has 1 atom stereocenters. The van der Waals surface area contributed by atoms with Crippen LogP contribution < -0.4 is 5.73 Å². The highest BCUT2D eigenvalue weighted by molar-refractivity contribution is 7.99. The second-order valence-corrected chi connectivity index (χ2v) is 5.18. The normalized spacial score (nSPS) is 12.6. The van der Waals surface area contributed by atoms with Crippen molar-refractivity contribution in [1.82, 2.24) is 9.78 Å². The van der Waals surface area contributed by atoms with Crippen LogP contribution in [0.2, 0.25) is 0 Å². The van der Waals surface area contributed by atoms with Crippen molar-refractivity contribution in [2.45, 2.75) is 29.2 Å². The molecular formula is C13H17N3S. The van der Waals surface area contributed by atoms with E-state index in [4.69, 9.17) is 5.73 Å². The van der Waals surface area contributed by atoms with E-state index in [9.17, 15) is 0 Å². The average molecular weight is 247 g/mol. The molecule has 90 valence electrons. The third kappa shape index (κ3) is 3.11. The SMILES string of the molecule is CCC(N)c1ccc(Sc2cnn(C)c2)cc1. The molecule has 2 N–H and O–H groups in total. The number of aromatic nitrogens is 2. The molecule has 0 aliphatic rings. The summed E-state index contributed by atoms with van der Waals surface area (Å²) < 4.78 is 1.81. The van der Waals surface area contributed by atoms with Gasteiger partial charge in [0.2, 0.25) is 0 Å². The predicted octanol–water partition coefficient (Wildman–Crippen LogP) is 2.98. The molecule has 2 aromatic rings. The Morgan fingerprint density at radius 3 is 2.53 bits per heavy atom. The van der Waals surface area contributed by atoms with Gasteiger partial charge in [-0.2, -0.15) is 5.10 Å². The van der Waals surface area contributed by atoms with Gasteiger partial charge in [-0.05, 0) is 24.1 Å². The van der Waals surface area contributed by atoms with E-state index in [2.05, 4.69) is 36.3 Å². The number of aryl methyl sites for hydroxylation is 1. The molecule has 1 heterocycles. The van der Waals surface area contributed by atoms with E-state index in [1.54, 1.807) is 11.8 Å². The van der Waals surface area contributed by atoms with Gasteiger partial charge in [-0.15, -0.1) is 0 Å². The smallest absolute Gasteiger partial charge is 0.0629 e. The fourth-order valence-corrected chi connectivity index (χ4v) is 2.46. The molecular weight excluding hydrogens is 230 g/mol. The summed E-state index contributed by atoms with van der Waals surface area (Å²) in [6.45, 7) is 2.10. The molecule has 0 spiro atoms. The van der Waals surface area contributed by atoms with Crippen molar-refractivity contribution in [2.75, 3.05) is 0 Å². The summed E-state index contributed by atoms with van der Waals surface area (Å²) in [5, 5.41) is 4.15. The van der Waals surface area contributed by atoms with Gasteiger partial charge < -0.3 is 5.73 Å². The van der Waals surface area contributed by atoms with Gasteiger partial charge in [0.25, 0.3) is 0 Å². The van der Waals surface area contributed by atoms with Crippen LogP contribution in [0.25, 0.3) is 0 Å². The second kappa shape index (κ2) is 5.38. The third-order valence-electron chi connectivity index (χ3n) is 2.66. The van der Waals surface area contributed by atoms with Crippen molar-refractivity contribution in [1.29, 1.82) is 0 Å². The lowest BCUT2D eigenvalue weighted by molar-refractivity contribution is 0.698. The van der Waals surface area contributed by atoms with Crippen molar-refractivity contribution < 1.29 is 0 Å². The van der Waals surface area contributed by atoms with Crippen molar-refractivity contribution in [2.24, 2.45) is 12.8 Å². The van der Waals surface area contributed by atoms with E-state index in [1.807, 2.05) is 24.1 Å². The average Bonchev–Trinajstić information content (AvgIpc) is 2.75. The molecule has 1 aromatic heterocycles.